The molecule has 1 fully saturated rings. The molecule has 20 heavy (non-hydrogen) atoms. The SMILES string of the molecule is Cc1cccc(CCNC(=O)N2CCC[C@H]2C(=O)O)c1. The molecule has 1 aromatic rings. The molecule has 2 rings (SSSR count). The molecular weight excluding hydrogens is 256 g/mol. The molecule has 0 radical (unpaired) electrons. The summed E-state index contributed by atoms with van der Waals surface area (Å²) in [5.74, 6) is -0.920. The molecule has 2 N–H and O–H groups in total. The predicted molar refractivity (Wildman–Crippen MR) is 75.6 cm³/mol. The molecule has 1 atom stereocenters. The van der Waals surface area contributed by atoms with Crippen molar-refractivity contribution in [1.29, 1.82) is 0 Å². The van der Waals surface area contributed by atoms with Crippen LogP contribution in [0, 0.1) is 6.92 Å². The summed E-state index contributed by atoms with van der Waals surface area (Å²) in [5.41, 5.74) is 2.36. The lowest BCUT2D eigenvalue weighted by Crippen LogP contribution is -2.46. The predicted octanol–water partition coefficient (Wildman–Crippen LogP) is 1.80. The van der Waals surface area contributed by atoms with Gasteiger partial charge in [-0.15, -0.1) is 0 Å². The molecule has 0 bridgehead atoms. The second kappa shape index (κ2) is 6.41. The number of carboxylic acid groups (broad SMARTS) is 1. The summed E-state index contributed by atoms with van der Waals surface area (Å²) in [7, 11) is 0. The van der Waals surface area contributed by atoms with Crippen LogP contribution in [-0.2, 0) is 11.2 Å². The third-order valence-electron chi connectivity index (χ3n) is 3.57. The Hall–Kier alpha value is -2.04. The largest absolute Gasteiger partial charge is 0.480 e. The number of aryl methyl sites for hydroxylation is 1. The van der Waals surface area contributed by atoms with Gasteiger partial charge in [0.25, 0.3) is 0 Å². The lowest BCUT2D eigenvalue weighted by Gasteiger charge is -2.21. The number of urea groups is 1. The Bertz CT molecular complexity index is 502. The maximum Gasteiger partial charge on any atom is 0.326 e. The van der Waals surface area contributed by atoms with Crippen molar-refractivity contribution >= 4 is 12.0 Å². The summed E-state index contributed by atoms with van der Waals surface area (Å²) in [6.45, 7) is 3.07. The fraction of sp³-hybridized carbons (Fsp3) is 0.467. The number of hydrogen-bond donors (Lipinski definition) is 2. The molecule has 1 aromatic carbocycles. The van der Waals surface area contributed by atoms with Gasteiger partial charge in [-0.3, -0.25) is 0 Å². The van der Waals surface area contributed by atoms with E-state index in [0.717, 1.165) is 12.8 Å². The summed E-state index contributed by atoms with van der Waals surface area (Å²) in [5, 5.41) is 11.8. The first kappa shape index (κ1) is 14.4. The van der Waals surface area contributed by atoms with Crippen LogP contribution in [0.3, 0.4) is 0 Å². The Morgan fingerprint density at radius 3 is 2.95 bits per heavy atom. The van der Waals surface area contributed by atoms with Crippen molar-refractivity contribution in [2.24, 2.45) is 0 Å². The number of nitrogens with zero attached hydrogens (tertiary/aromatic N) is 1. The summed E-state index contributed by atoms with van der Waals surface area (Å²) < 4.78 is 0. The zero-order valence-corrected chi connectivity index (χ0v) is 11.6. The molecule has 2 amide bonds. The fourth-order valence-corrected chi connectivity index (χ4v) is 2.55. The molecule has 0 aliphatic carbocycles. The minimum absolute atomic E-state index is 0.275. The maximum absolute atomic E-state index is 12.0. The highest BCUT2D eigenvalue weighted by molar-refractivity contribution is 5.83. The number of aliphatic carboxylic acids is 1. The van der Waals surface area contributed by atoms with Crippen molar-refractivity contribution in [3.63, 3.8) is 0 Å². The highest BCUT2D eigenvalue weighted by atomic mass is 16.4. The van der Waals surface area contributed by atoms with Crippen molar-refractivity contribution in [1.82, 2.24) is 10.2 Å². The van der Waals surface area contributed by atoms with Crippen LogP contribution < -0.4 is 5.32 Å². The van der Waals surface area contributed by atoms with Crippen LogP contribution in [0.1, 0.15) is 24.0 Å². The highest BCUT2D eigenvalue weighted by Gasteiger charge is 2.33. The number of carboxylic acids is 1. The van der Waals surface area contributed by atoms with Crippen LogP contribution in [-0.4, -0.2) is 41.1 Å². The van der Waals surface area contributed by atoms with Gasteiger partial charge in [0.15, 0.2) is 0 Å². The summed E-state index contributed by atoms with van der Waals surface area (Å²) in [6, 6.07) is 7.19. The van der Waals surface area contributed by atoms with E-state index in [4.69, 9.17) is 5.11 Å². The summed E-state index contributed by atoms with van der Waals surface area (Å²) >= 11 is 0. The maximum atomic E-state index is 12.0. The van der Waals surface area contributed by atoms with Crippen molar-refractivity contribution in [3.05, 3.63) is 35.4 Å². The van der Waals surface area contributed by atoms with Gasteiger partial charge in [-0.1, -0.05) is 29.8 Å². The number of hydrogen-bond acceptors (Lipinski definition) is 2. The average molecular weight is 276 g/mol. The van der Waals surface area contributed by atoms with E-state index in [1.807, 2.05) is 25.1 Å². The monoisotopic (exact) mass is 276 g/mol. The lowest BCUT2D eigenvalue weighted by atomic mass is 10.1. The van der Waals surface area contributed by atoms with Crippen LogP contribution in [0.2, 0.25) is 0 Å². The Morgan fingerprint density at radius 1 is 1.45 bits per heavy atom. The standard InChI is InChI=1S/C15H20N2O3/c1-11-4-2-5-12(10-11)7-8-16-15(20)17-9-3-6-13(17)14(18)19/h2,4-5,10,13H,3,6-9H2,1H3,(H,16,20)(H,18,19)/t13-/m0/s1. The molecule has 0 saturated carbocycles. The van der Waals surface area contributed by atoms with Gasteiger partial charge in [-0.2, -0.15) is 0 Å². The molecule has 5 heteroatoms. The van der Waals surface area contributed by atoms with Gasteiger partial charge >= 0.3 is 12.0 Å². The van der Waals surface area contributed by atoms with Gasteiger partial charge in [-0.05, 0) is 31.7 Å². The first-order chi connectivity index (χ1) is 9.58. The molecule has 0 spiro atoms. The van der Waals surface area contributed by atoms with E-state index in [1.54, 1.807) is 0 Å². The number of rotatable bonds is 4. The highest BCUT2D eigenvalue weighted by Crippen LogP contribution is 2.17. The second-order valence-electron chi connectivity index (χ2n) is 5.16. The zero-order valence-electron chi connectivity index (χ0n) is 11.6. The van der Waals surface area contributed by atoms with Crippen LogP contribution in [0.4, 0.5) is 4.79 Å². The average Bonchev–Trinajstić information content (AvgIpc) is 2.88. The number of carbonyl (C=O) groups is 2. The third-order valence-corrected chi connectivity index (χ3v) is 3.57. The smallest absolute Gasteiger partial charge is 0.326 e. The van der Waals surface area contributed by atoms with E-state index in [-0.39, 0.29) is 6.03 Å². The van der Waals surface area contributed by atoms with E-state index < -0.39 is 12.0 Å². The van der Waals surface area contributed by atoms with Crippen molar-refractivity contribution in [3.8, 4) is 0 Å². The Balaban J connectivity index is 1.82. The zero-order chi connectivity index (χ0) is 14.5. The Morgan fingerprint density at radius 2 is 2.25 bits per heavy atom. The first-order valence-electron chi connectivity index (χ1n) is 6.91. The molecule has 1 saturated heterocycles. The molecular formula is C15H20N2O3. The number of carbonyl (C=O) groups excluding carboxylic acids is 1. The van der Waals surface area contributed by atoms with Gasteiger partial charge in [0.2, 0.25) is 0 Å². The topological polar surface area (TPSA) is 69.6 Å². The number of benzene rings is 1. The van der Waals surface area contributed by atoms with Gasteiger partial charge in [0, 0.05) is 13.1 Å². The molecule has 5 nitrogen and oxygen atoms in total. The molecule has 0 unspecified atom stereocenters. The first-order valence-corrected chi connectivity index (χ1v) is 6.91. The molecule has 0 aromatic heterocycles. The summed E-state index contributed by atoms with van der Waals surface area (Å²) in [4.78, 5) is 24.4. The Labute approximate surface area is 118 Å². The Kier molecular flexibility index (Phi) is 4.61. The van der Waals surface area contributed by atoms with E-state index in [1.165, 1.54) is 16.0 Å². The number of likely N-dealkylation sites (tertiary alicyclic amines) is 1. The van der Waals surface area contributed by atoms with Crippen molar-refractivity contribution in [2.75, 3.05) is 13.1 Å². The minimum atomic E-state index is -0.920. The second-order valence-corrected chi connectivity index (χ2v) is 5.16. The van der Waals surface area contributed by atoms with Crippen LogP contribution in [0.5, 0.6) is 0 Å². The van der Waals surface area contributed by atoms with Crippen LogP contribution in [0.15, 0.2) is 24.3 Å². The van der Waals surface area contributed by atoms with Gasteiger partial charge in [0.05, 0.1) is 0 Å². The fourth-order valence-electron chi connectivity index (χ4n) is 2.55. The van der Waals surface area contributed by atoms with Crippen LogP contribution in [0.25, 0.3) is 0 Å². The molecule has 1 aliphatic heterocycles. The van der Waals surface area contributed by atoms with Crippen LogP contribution >= 0.6 is 0 Å². The third kappa shape index (κ3) is 3.50. The lowest BCUT2D eigenvalue weighted by molar-refractivity contribution is -0.141. The van der Waals surface area contributed by atoms with Gasteiger partial charge in [-0.25, -0.2) is 9.59 Å². The normalized spacial score (nSPS) is 18.1. The molecule has 1 aliphatic rings. The van der Waals surface area contributed by atoms with Gasteiger partial charge in [0.1, 0.15) is 6.04 Å². The minimum Gasteiger partial charge on any atom is -0.480 e. The summed E-state index contributed by atoms with van der Waals surface area (Å²) in [6.07, 6.45) is 2.04. The van der Waals surface area contributed by atoms with E-state index >= 15 is 0 Å². The number of amides is 2. The molecule has 1 heterocycles. The van der Waals surface area contributed by atoms with E-state index in [0.29, 0.717) is 19.5 Å². The van der Waals surface area contributed by atoms with Gasteiger partial charge < -0.3 is 15.3 Å². The molecule has 108 valence electrons. The number of nitrogens with one attached hydrogen (secondary N) is 1. The van der Waals surface area contributed by atoms with E-state index in [9.17, 15) is 9.59 Å². The van der Waals surface area contributed by atoms with Crippen molar-refractivity contribution in [2.45, 2.75) is 32.2 Å². The van der Waals surface area contributed by atoms with E-state index in [2.05, 4.69) is 11.4 Å². The quantitative estimate of drug-likeness (QED) is 0.881. The van der Waals surface area contributed by atoms with Crippen molar-refractivity contribution < 1.29 is 14.7 Å².